The summed E-state index contributed by atoms with van der Waals surface area (Å²) in [6.07, 6.45) is 1.07. The number of nitrogens with one attached hydrogen (secondary N) is 1. The van der Waals surface area contributed by atoms with Gasteiger partial charge in [-0.05, 0) is 39.8 Å². The third kappa shape index (κ3) is 4.12. The van der Waals surface area contributed by atoms with Gasteiger partial charge in [-0.25, -0.2) is 0 Å². The van der Waals surface area contributed by atoms with Gasteiger partial charge in [-0.2, -0.15) is 0 Å². The van der Waals surface area contributed by atoms with E-state index in [0.29, 0.717) is 0 Å². The fourth-order valence-corrected chi connectivity index (χ4v) is 1.30. The smallest absolute Gasteiger partial charge is 0.0162 e. The largest absolute Gasteiger partial charge is 0.314 e. The van der Waals surface area contributed by atoms with Crippen molar-refractivity contribution in [2.45, 2.75) is 32.7 Å². The molecule has 0 fully saturated rings. The van der Waals surface area contributed by atoms with Crippen molar-refractivity contribution < 1.29 is 0 Å². The van der Waals surface area contributed by atoms with Crippen molar-refractivity contribution in [1.29, 1.82) is 0 Å². The lowest BCUT2D eigenvalue weighted by Crippen LogP contribution is -2.38. The van der Waals surface area contributed by atoms with Crippen molar-refractivity contribution in [3.63, 3.8) is 0 Å². The molecule has 0 unspecified atom stereocenters. The zero-order chi connectivity index (χ0) is 9.90. The second kappa shape index (κ2) is 5.38. The fraction of sp³-hybridized carbons (Fsp3) is 0.500. The molecule has 80 valence electrons. The van der Waals surface area contributed by atoms with Gasteiger partial charge in [0.05, 0.1) is 0 Å². The summed E-state index contributed by atoms with van der Waals surface area (Å²) in [5, 5.41) is 3.30. The molecular formula is C12H20ClN. The molecule has 1 aromatic carbocycles. The van der Waals surface area contributed by atoms with Crippen LogP contribution in [0.25, 0.3) is 0 Å². The normalized spacial score (nSPS) is 10.9. The molecule has 0 aromatic heterocycles. The van der Waals surface area contributed by atoms with Crippen LogP contribution in [0.5, 0.6) is 0 Å². The first-order valence-corrected chi connectivity index (χ1v) is 4.78. The monoisotopic (exact) mass is 213 g/mol. The molecule has 2 heteroatoms. The Morgan fingerprint density at radius 3 is 2.07 bits per heavy atom. The number of hydrogen-bond acceptors (Lipinski definition) is 1. The Kier molecular flexibility index (Phi) is 5.17. The number of rotatable bonds is 3. The van der Waals surface area contributed by atoms with Crippen LogP contribution in [-0.2, 0) is 6.42 Å². The molecule has 0 bridgehead atoms. The Bertz CT molecular complexity index is 264. The second-order valence-corrected chi connectivity index (χ2v) is 4.30. The van der Waals surface area contributed by atoms with Crippen LogP contribution in [0.3, 0.4) is 0 Å². The minimum Gasteiger partial charge on any atom is -0.314 e. The highest BCUT2D eigenvalue weighted by Gasteiger charge is 2.14. The summed E-state index contributed by atoms with van der Waals surface area (Å²) in [6.45, 7) is 6.55. The van der Waals surface area contributed by atoms with Gasteiger partial charge in [0.1, 0.15) is 0 Å². The zero-order valence-corrected chi connectivity index (χ0v) is 10.2. The predicted molar refractivity (Wildman–Crippen MR) is 65.3 cm³/mol. The van der Waals surface area contributed by atoms with E-state index in [1.807, 2.05) is 7.05 Å². The molecule has 0 atom stereocenters. The van der Waals surface area contributed by atoms with Crippen molar-refractivity contribution in [2.75, 3.05) is 7.05 Å². The molecule has 14 heavy (non-hydrogen) atoms. The van der Waals surface area contributed by atoms with Crippen molar-refractivity contribution in [2.24, 2.45) is 0 Å². The van der Waals surface area contributed by atoms with Gasteiger partial charge < -0.3 is 5.32 Å². The SMILES string of the molecule is CNC(C)(C)Cc1ccc(C)cc1.Cl. The number of hydrogen-bond donors (Lipinski definition) is 1. The molecule has 0 heterocycles. The lowest BCUT2D eigenvalue weighted by molar-refractivity contribution is 0.422. The van der Waals surface area contributed by atoms with Crippen LogP contribution in [0, 0.1) is 6.92 Å². The van der Waals surface area contributed by atoms with Crippen LogP contribution in [0.15, 0.2) is 24.3 Å². The Morgan fingerprint density at radius 1 is 1.14 bits per heavy atom. The zero-order valence-electron chi connectivity index (χ0n) is 9.42. The first kappa shape index (κ1) is 13.5. The highest BCUT2D eigenvalue weighted by molar-refractivity contribution is 5.85. The number of aryl methyl sites for hydroxylation is 1. The predicted octanol–water partition coefficient (Wildman–Crippen LogP) is 2.96. The van der Waals surface area contributed by atoms with Gasteiger partial charge in [-0.1, -0.05) is 29.8 Å². The quantitative estimate of drug-likeness (QED) is 0.814. The van der Waals surface area contributed by atoms with Crippen LogP contribution < -0.4 is 5.32 Å². The number of halogens is 1. The summed E-state index contributed by atoms with van der Waals surface area (Å²) in [5.41, 5.74) is 2.91. The lowest BCUT2D eigenvalue weighted by atomic mass is 9.95. The summed E-state index contributed by atoms with van der Waals surface area (Å²) < 4.78 is 0. The molecule has 1 aromatic rings. The first-order valence-electron chi connectivity index (χ1n) is 4.78. The Balaban J connectivity index is 0.00000169. The van der Waals surface area contributed by atoms with Crippen molar-refractivity contribution in [1.82, 2.24) is 5.32 Å². The first-order chi connectivity index (χ1) is 6.03. The van der Waals surface area contributed by atoms with E-state index in [2.05, 4.69) is 50.4 Å². The molecular weight excluding hydrogens is 194 g/mol. The van der Waals surface area contributed by atoms with Crippen LogP contribution in [0.2, 0.25) is 0 Å². The maximum atomic E-state index is 3.30. The molecule has 0 aliphatic carbocycles. The van der Waals surface area contributed by atoms with Crippen molar-refractivity contribution in [3.05, 3.63) is 35.4 Å². The Labute approximate surface area is 93.3 Å². The van der Waals surface area contributed by atoms with Crippen LogP contribution in [-0.4, -0.2) is 12.6 Å². The minimum absolute atomic E-state index is 0. The molecule has 0 aliphatic heterocycles. The van der Waals surface area contributed by atoms with E-state index in [-0.39, 0.29) is 17.9 Å². The van der Waals surface area contributed by atoms with Gasteiger partial charge in [0.2, 0.25) is 0 Å². The van der Waals surface area contributed by atoms with Gasteiger partial charge in [0, 0.05) is 5.54 Å². The topological polar surface area (TPSA) is 12.0 Å². The lowest BCUT2D eigenvalue weighted by Gasteiger charge is -2.24. The summed E-state index contributed by atoms with van der Waals surface area (Å²) in [5.74, 6) is 0. The Morgan fingerprint density at radius 2 is 1.64 bits per heavy atom. The van der Waals surface area contributed by atoms with Crippen LogP contribution in [0.1, 0.15) is 25.0 Å². The van der Waals surface area contributed by atoms with Gasteiger partial charge in [0.25, 0.3) is 0 Å². The average molecular weight is 214 g/mol. The number of benzene rings is 1. The van der Waals surface area contributed by atoms with Crippen LogP contribution >= 0.6 is 12.4 Å². The average Bonchev–Trinajstić information content (AvgIpc) is 2.09. The van der Waals surface area contributed by atoms with E-state index in [1.165, 1.54) is 11.1 Å². The van der Waals surface area contributed by atoms with Gasteiger partial charge in [0.15, 0.2) is 0 Å². The summed E-state index contributed by atoms with van der Waals surface area (Å²) in [7, 11) is 2.01. The molecule has 1 rings (SSSR count). The third-order valence-corrected chi connectivity index (χ3v) is 2.44. The van der Waals surface area contributed by atoms with Crippen molar-refractivity contribution in [3.8, 4) is 0 Å². The molecule has 1 N–H and O–H groups in total. The van der Waals surface area contributed by atoms with E-state index in [1.54, 1.807) is 0 Å². The maximum absolute atomic E-state index is 3.30. The molecule has 0 radical (unpaired) electrons. The highest BCUT2D eigenvalue weighted by atomic mass is 35.5. The van der Waals surface area contributed by atoms with E-state index in [4.69, 9.17) is 0 Å². The standard InChI is InChI=1S/C12H19N.ClH/c1-10-5-7-11(8-6-10)9-12(2,3)13-4;/h5-8,13H,9H2,1-4H3;1H. The highest BCUT2D eigenvalue weighted by Crippen LogP contribution is 2.12. The van der Waals surface area contributed by atoms with Gasteiger partial charge in [-0.3, -0.25) is 0 Å². The molecule has 0 spiro atoms. The third-order valence-electron chi connectivity index (χ3n) is 2.44. The molecule has 0 amide bonds. The maximum Gasteiger partial charge on any atom is 0.0162 e. The summed E-state index contributed by atoms with van der Waals surface area (Å²) >= 11 is 0. The van der Waals surface area contributed by atoms with E-state index in [0.717, 1.165) is 6.42 Å². The van der Waals surface area contributed by atoms with E-state index < -0.39 is 0 Å². The summed E-state index contributed by atoms with van der Waals surface area (Å²) in [4.78, 5) is 0. The van der Waals surface area contributed by atoms with Gasteiger partial charge in [-0.15, -0.1) is 12.4 Å². The van der Waals surface area contributed by atoms with Gasteiger partial charge >= 0.3 is 0 Å². The summed E-state index contributed by atoms with van der Waals surface area (Å²) in [6, 6.07) is 8.74. The second-order valence-electron chi connectivity index (χ2n) is 4.30. The van der Waals surface area contributed by atoms with Crippen LogP contribution in [0.4, 0.5) is 0 Å². The Hall–Kier alpha value is -0.530. The van der Waals surface area contributed by atoms with E-state index in [9.17, 15) is 0 Å². The molecule has 0 aliphatic rings. The molecule has 1 nitrogen and oxygen atoms in total. The molecule has 0 saturated heterocycles. The van der Waals surface area contributed by atoms with E-state index >= 15 is 0 Å². The molecule has 0 saturated carbocycles. The van der Waals surface area contributed by atoms with Crippen molar-refractivity contribution >= 4 is 12.4 Å². The number of likely N-dealkylation sites (N-methyl/N-ethyl adjacent to an activating group) is 1. The minimum atomic E-state index is 0. The fourth-order valence-electron chi connectivity index (χ4n) is 1.30.